The predicted octanol–water partition coefficient (Wildman–Crippen LogP) is 5.71. The fourth-order valence-corrected chi connectivity index (χ4v) is 2.81. The van der Waals surface area contributed by atoms with E-state index in [0.29, 0.717) is 21.6 Å². The summed E-state index contributed by atoms with van der Waals surface area (Å²) in [6.45, 7) is 7.23. The molecule has 0 bridgehead atoms. The number of hydrogen-bond acceptors (Lipinski definition) is 1. The molecule has 0 spiro atoms. The zero-order valence-corrected chi connectivity index (χ0v) is 13.4. The molecule has 0 fully saturated rings. The van der Waals surface area contributed by atoms with E-state index < -0.39 is 0 Å². The van der Waals surface area contributed by atoms with E-state index in [1.807, 2.05) is 0 Å². The standard InChI is InChI=1S/C14H20Cl3N/c1-4-14(5-2,6-3)18-9-10-11(15)7-8-12(16)13(10)17/h7-8,18H,4-6,9H2,1-3H3. The smallest absolute Gasteiger partial charge is 0.0652 e. The van der Waals surface area contributed by atoms with Crippen molar-refractivity contribution in [2.24, 2.45) is 0 Å². The van der Waals surface area contributed by atoms with Crippen molar-refractivity contribution in [3.8, 4) is 0 Å². The summed E-state index contributed by atoms with van der Waals surface area (Å²) in [4.78, 5) is 0. The highest BCUT2D eigenvalue weighted by molar-refractivity contribution is 6.44. The second-order valence-electron chi connectivity index (χ2n) is 4.52. The monoisotopic (exact) mass is 307 g/mol. The number of rotatable bonds is 6. The molecule has 18 heavy (non-hydrogen) atoms. The third-order valence-electron chi connectivity index (χ3n) is 3.81. The average Bonchev–Trinajstić information content (AvgIpc) is 2.39. The van der Waals surface area contributed by atoms with Crippen molar-refractivity contribution in [1.82, 2.24) is 5.32 Å². The van der Waals surface area contributed by atoms with E-state index in [0.717, 1.165) is 24.8 Å². The lowest BCUT2D eigenvalue weighted by molar-refractivity contribution is 0.288. The lowest BCUT2D eigenvalue weighted by Crippen LogP contribution is -2.43. The van der Waals surface area contributed by atoms with E-state index in [9.17, 15) is 0 Å². The molecule has 0 radical (unpaired) electrons. The van der Waals surface area contributed by atoms with Crippen molar-refractivity contribution in [3.05, 3.63) is 32.8 Å². The summed E-state index contributed by atoms with van der Waals surface area (Å²) in [7, 11) is 0. The Morgan fingerprint density at radius 1 is 0.944 bits per heavy atom. The van der Waals surface area contributed by atoms with Crippen LogP contribution in [0, 0.1) is 0 Å². The van der Waals surface area contributed by atoms with Crippen LogP contribution in [0.5, 0.6) is 0 Å². The summed E-state index contributed by atoms with van der Waals surface area (Å²) in [5.74, 6) is 0. The highest BCUT2D eigenvalue weighted by Crippen LogP contribution is 2.32. The quantitative estimate of drug-likeness (QED) is 0.664. The minimum Gasteiger partial charge on any atom is -0.307 e. The third kappa shape index (κ3) is 3.54. The van der Waals surface area contributed by atoms with Gasteiger partial charge in [-0.2, -0.15) is 0 Å². The Bertz CT molecular complexity index is 392. The molecular formula is C14H20Cl3N. The van der Waals surface area contributed by atoms with E-state index >= 15 is 0 Å². The van der Waals surface area contributed by atoms with Crippen molar-refractivity contribution in [2.75, 3.05) is 0 Å². The largest absolute Gasteiger partial charge is 0.307 e. The van der Waals surface area contributed by atoms with Gasteiger partial charge in [0.2, 0.25) is 0 Å². The van der Waals surface area contributed by atoms with Gasteiger partial charge in [0.25, 0.3) is 0 Å². The summed E-state index contributed by atoms with van der Waals surface area (Å²) in [6, 6.07) is 3.51. The molecule has 0 atom stereocenters. The Kier molecular flexibility index (Phi) is 6.26. The number of nitrogens with one attached hydrogen (secondary N) is 1. The van der Waals surface area contributed by atoms with Gasteiger partial charge in [-0.25, -0.2) is 0 Å². The van der Waals surface area contributed by atoms with Gasteiger partial charge in [0, 0.05) is 22.7 Å². The van der Waals surface area contributed by atoms with Gasteiger partial charge in [0.1, 0.15) is 0 Å². The molecule has 0 unspecified atom stereocenters. The van der Waals surface area contributed by atoms with E-state index in [1.165, 1.54) is 0 Å². The van der Waals surface area contributed by atoms with Gasteiger partial charge in [-0.15, -0.1) is 0 Å². The van der Waals surface area contributed by atoms with Crippen molar-refractivity contribution >= 4 is 34.8 Å². The molecule has 0 saturated carbocycles. The normalized spacial score (nSPS) is 11.9. The molecule has 1 nitrogen and oxygen atoms in total. The second-order valence-corrected chi connectivity index (χ2v) is 5.71. The van der Waals surface area contributed by atoms with Crippen LogP contribution in [0.2, 0.25) is 15.1 Å². The van der Waals surface area contributed by atoms with Crippen LogP contribution in [0.1, 0.15) is 45.6 Å². The van der Waals surface area contributed by atoms with Crippen LogP contribution in [0.4, 0.5) is 0 Å². The minimum absolute atomic E-state index is 0.148. The SMILES string of the molecule is CCC(CC)(CC)NCc1c(Cl)ccc(Cl)c1Cl. The van der Waals surface area contributed by atoms with Crippen LogP contribution in [-0.4, -0.2) is 5.54 Å². The van der Waals surface area contributed by atoms with Crippen LogP contribution >= 0.6 is 34.8 Å². The Morgan fingerprint density at radius 2 is 1.44 bits per heavy atom. The van der Waals surface area contributed by atoms with Crippen LogP contribution < -0.4 is 5.32 Å². The van der Waals surface area contributed by atoms with Gasteiger partial charge in [-0.3, -0.25) is 0 Å². The van der Waals surface area contributed by atoms with Gasteiger partial charge in [-0.1, -0.05) is 55.6 Å². The molecule has 0 aliphatic rings. The van der Waals surface area contributed by atoms with Crippen molar-refractivity contribution in [3.63, 3.8) is 0 Å². The van der Waals surface area contributed by atoms with E-state index in [-0.39, 0.29) is 5.54 Å². The van der Waals surface area contributed by atoms with Gasteiger partial charge in [0.05, 0.1) is 10.0 Å². The molecule has 102 valence electrons. The Labute approximate surface area is 125 Å². The summed E-state index contributed by atoms with van der Waals surface area (Å²) in [6.07, 6.45) is 3.24. The van der Waals surface area contributed by atoms with Gasteiger partial charge < -0.3 is 5.32 Å². The van der Waals surface area contributed by atoms with Crippen LogP contribution in [-0.2, 0) is 6.54 Å². The lowest BCUT2D eigenvalue weighted by atomic mass is 9.89. The van der Waals surface area contributed by atoms with Crippen LogP contribution in [0.15, 0.2) is 12.1 Å². The van der Waals surface area contributed by atoms with Crippen molar-refractivity contribution in [1.29, 1.82) is 0 Å². The molecule has 0 saturated heterocycles. The maximum absolute atomic E-state index is 6.20. The zero-order valence-electron chi connectivity index (χ0n) is 11.1. The number of benzene rings is 1. The van der Waals surface area contributed by atoms with E-state index in [1.54, 1.807) is 12.1 Å². The van der Waals surface area contributed by atoms with Gasteiger partial charge in [0.15, 0.2) is 0 Å². The fraction of sp³-hybridized carbons (Fsp3) is 0.571. The maximum Gasteiger partial charge on any atom is 0.0652 e. The first-order valence-electron chi connectivity index (χ1n) is 6.37. The first-order valence-corrected chi connectivity index (χ1v) is 7.50. The molecule has 1 N–H and O–H groups in total. The first-order chi connectivity index (χ1) is 8.49. The van der Waals surface area contributed by atoms with Gasteiger partial charge >= 0.3 is 0 Å². The maximum atomic E-state index is 6.20. The Hall–Kier alpha value is 0.0500. The molecule has 0 aliphatic heterocycles. The molecular weight excluding hydrogens is 289 g/mol. The second kappa shape index (κ2) is 7.00. The molecule has 4 heteroatoms. The lowest BCUT2D eigenvalue weighted by Gasteiger charge is -2.32. The highest BCUT2D eigenvalue weighted by Gasteiger charge is 2.23. The molecule has 1 aromatic rings. The first kappa shape index (κ1) is 16.1. The third-order valence-corrected chi connectivity index (χ3v) is 5.01. The Morgan fingerprint density at radius 3 is 1.94 bits per heavy atom. The van der Waals surface area contributed by atoms with Crippen LogP contribution in [0.25, 0.3) is 0 Å². The topological polar surface area (TPSA) is 12.0 Å². The van der Waals surface area contributed by atoms with Crippen LogP contribution in [0.3, 0.4) is 0 Å². The van der Waals surface area contributed by atoms with Crippen molar-refractivity contribution in [2.45, 2.75) is 52.1 Å². The Balaban J connectivity index is 2.89. The molecule has 1 rings (SSSR count). The average molecular weight is 309 g/mol. The highest BCUT2D eigenvalue weighted by atomic mass is 35.5. The predicted molar refractivity (Wildman–Crippen MR) is 81.9 cm³/mol. The molecule has 0 aromatic heterocycles. The fourth-order valence-electron chi connectivity index (χ4n) is 2.13. The summed E-state index contributed by atoms with van der Waals surface area (Å²) >= 11 is 18.4. The van der Waals surface area contributed by atoms with Crippen molar-refractivity contribution < 1.29 is 0 Å². The van der Waals surface area contributed by atoms with Gasteiger partial charge in [-0.05, 0) is 31.4 Å². The molecule has 0 aliphatic carbocycles. The summed E-state index contributed by atoms with van der Waals surface area (Å²) in [5.41, 5.74) is 1.03. The van der Waals surface area contributed by atoms with E-state index in [2.05, 4.69) is 26.1 Å². The molecule has 1 aromatic carbocycles. The minimum atomic E-state index is 0.148. The number of halogens is 3. The summed E-state index contributed by atoms with van der Waals surface area (Å²) in [5, 5.41) is 5.34. The zero-order chi connectivity index (χ0) is 13.8. The van der Waals surface area contributed by atoms with E-state index in [4.69, 9.17) is 34.8 Å². The number of hydrogen-bond donors (Lipinski definition) is 1. The molecule has 0 heterocycles. The summed E-state index contributed by atoms with van der Waals surface area (Å²) < 4.78 is 0. The molecule has 0 amide bonds.